The molecule has 1 saturated heterocycles. The third-order valence-corrected chi connectivity index (χ3v) is 4.00. The number of carboxylic acid groups (broad SMARTS) is 1. The van der Waals surface area contributed by atoms with E-state index in [0.29, 0.717) is 6.42 Å². The molecular weight excluding hydrogens is 289 g/mol. The maximum Gasteiger partial charge on any atom is 0.391 e. The number of rotatable bonds is 4. The number of hydrogen-bond donors (Lipinski definition) is 2. The number of nitrogens with zero attached hydrogens (tertiary/aromatic N) is 1. The largest absolute Gasteiger partial charge is 0.480 e. The Morgan fingerprint density at radius 1 is 1.33 bits per heavy atom. The van der Waals surface area contributed by atoms with E-state index in [1.54, 1.807) is 6.92 Å². The van der Waals surface area contributed by atoms with Gasteiger partial charge in [0.2, 0.25) is 0 Å². The molecule has 1 heterocycles. The van der Waals surface area contributed by atoms with Crippen LogP contribution < -0.4 is 5.32 Å². The van der Waals surface area contributed by atoms with E-state index >= 15 is 0 Å². The van der Waals surface area contributed by atoms with Crippen molar-refractivity contribution in [1.29, 1.82) is 0 Å². The van der Waals surface area contributed by atoms with Crippen LogP contribution in [-0.2, 0) is 4.79 Å². The summed E-state index contributed by atoms with van der Waals surface area (Å²) in [7, 11) is 0. The highest BCUT2D eigenvalue weighted by atomic mass is 19.4. The molecule has 0 spiro atoms. The summed E-state index contributed by atoms with van der Waals surface area (Å²) in [5.74, 6) is -2.77. The zero-order valence-corrected chi connectivity index (χ0v) is 12.1. The first-order valence-electron chi connectivity index (χ1n) is 7.01. The Balaban J connectivity index is 2.55. The van der Waals surface area contributed by atoms with E-state index in [1.165, 1.54) is 4.90 Å². The molecule has 2 amide bonds. The van der Waals surface area contributed by atoms with Crippen LogP contribution in [0.2, 0.25) is 0 Å². The lowest BCUT2D eigenvalue weighted by Crippen LogP contribution is -2.53. The number of aliphatic carboxylic acids is 1. The van der Waals surface area contributed by atoms with Crippen molar-refractivity contribution in [2.75, 3.05) is 13.1 Å². The lowest BCUT2D eigenvalue weighted by atomic mass is 9.96. The maximum absolute atomic E-state index is 12.5. The number of hydrogen-bond acceptors (Lipinski definition) is 2. The van der Waals surface area contributed by atoms with E-state index in [2.05, 4.69) is 5.32 Å². The third kappa shape index (κ3) is 4.78. The van der Waals surface area contributed by atoms with Gasteiger partial charge in [0.1, 0.15) is 6.04 Å². The van der Waals surface area contributed by atoms with Gasteiger partial charge in [-0.25, -0.2) is 9.59 Å². The Bertz CT molecular complexity index is 379. The molecular formula is C13H21F3N2O3. The van der Waals surface area contributed by atoms with Crippen molar-refractivity contribution in [2.24, 2.45) is 11.8 Å². The number of piperidine rings is 1. The van der Waals surface area contributed by atoms with Crippen LogP contribution in [-0.4, -0.2) is 47.3 Å². The van der Waals surface area contributed by atoms with Gasteiger partial charge in [-0.15, -0.1) is 0 Å². The van der Waals surface area contributed by atoms with Crippen LogP contribution in [0.5, 0.6) is 0 Å². The zero-order chi connectivity index (χ0) is 16.2. The molecule has 0 aromatic carbocycles. The molecule has 0 unspecified atom stereocenters. The Kier molecular flexibility index (Phi) is 5.86. The maximum atomic E-state index is 12.5. The number of carbonyl (C=O) groups is 2. The molecule has 1 fully saturated rings. The molecule has 1 aliphatic rings. The van der Waals surface area contributed by atoms with Crippen LogP contribution in [0.1, 0.15) is 33.1 Å². The second-order valence-corrected chi connectivity index (χ2v) is 5.45. The van der Waals surface area contributed by atoms with Gasteiger partial charge < -0.3 is 15.3 Å². The fourth-order valence-corrected chi connectivity index (χ4v) is 2.32. The predicted octanol–water partition coefficient (Wildman–Crippen LogP) is 2.47. The molecule has 0 saturated carbocycles. The molecule has 0 aromatic heterocycles. The lowest BCUT2D eigenvalue weighted by Gasteiger charge is -2.34. The van der Waals surface area contributed by atoms with Crippen LogP contribution in [0.4, 0.5) is 18.0 Å². The Morgan fingerprint density at radius 2 is 1.86 bits per heavy atom. The van der Waals surface area contributed by atoms with Crippen molar-refractivity contribution >= 4 is 12.0 Å². The predicted molar refractivity (Wildman–Crippen MR) is 69.8 cm³/mol. The highest BCUT2D eigenvalue weighted by Crippen LogP contribution is 2.34. The fraction of sp³-hybridized carbons (Fsp3) is 0.846. The minimum absolute atomic E-state index is 0.0111. The van der Waals surface area contributed by atoms with Crippen molar-refractivity contribution in [3.63, 3.8) is 0 Å². The van der Waals surface area contributed by atoms with E-state index in [0.717, 1.165) is 0 Å². The van der Waals surface area contributed by atoms with E-state index < -0.39 is 30.1 Å². The molecule has 1 aliphatic heterocycles. The molecule has 2 atom stereocenters. The third-order valence-electron chi connectivity index (χ3n) is 4.00. The summed E-state index contributed by atoms with van der Waals surface area (Å²) in [5.41, 5.74) is 0. The Labute approximate surface area is 121 Å². The smallest absolute Gasteiger partial charge is 0.391 e. The number of halogens is 3. The summed E-state index contributed by atoms with van der Waals surface area (Å²) in [5, 5.41) is 11.5. The van der Waals surface area contributed by atoms with Gasteiger partial charge in [-0.3, -0.25) is 0 Å². The van der Waals surface area contributed by atoms with Crippen molar-refractivity contribution in [3.05, 3.63) is 0 Å². The van der Waals surface area contributed by atoms with Crippen molar-refractivity contribution in [2.45, 2.75) is 45.3 Å². The van der Waals surface area contributed by atoms with Gasteiger partial charge in [0.25, 0.3) is 0 Å². The van der Waals surface area contributed by atoms with Crippen molar-refractivity contribution in [1.82, 2.24) is 10.2 Å². The van der Waals surface area contributed by atoms with Gasteiger partial charge >= 0.3 is 18.2 Å². The topological polar surface area (TPSA) is 69.6 Å². The quantitative estimate of drug-likeness (QED) is 0.838. The summed E-state index contributed by atoms with van der Waals surface area (Å²) in [6, 6.07) is -1.63. The van der Waals surface area contributed by atoms with Gasteiger partial charge in [0.05, 0.1) is 5.92 Å². The van der Waals surface area contributed by atoms with Crippen LogP contribution in [0, 0.1) is 11.8 Å². The second-order valence-electron chi connectivity index (χ2n) is 5.45. The number of alkyl halides is 3. The molecule has 122 valence electrons. The first-order valence-corrected chi connectivity index (χ1v) is 7.01. The minimum atomic E-state index is -4.23. The summed E-state index contributed by atoms with van der Waals surface area (Å²) < 4.78 is 37.6. The number of amides is 2. The first kappa shape index (κ1) is 17.6. The molecule has 8 heteroatoms. The minimum Gasteiger partial charge on any atom is -0.480 e. The highest BCUT2D eigenvalue weighted by molar-refractivity contribution is 5.82. The summed E-state index contributed by atoms with van der Waals surface area (Å²) >= 11 is 0. The van der Waals surface area contributed by atoms with Crippen molar-refractivity contribution < 1.29 is 27.9 Å². The molecule has 0 aromatic rings. The van der Waals surface area contributed by atoms with E-state index in [4.69, 9.17) is 5.11 Å². The summed E-state index contributed by atoms with van der Waals surface area (Å²) in [6.07, 6.45) is -3.94. The van der Waals surface area contributed by atoms with E-state index in [-0.39, 0.29) is 31.8 Å². The average molecular weight is 310 g/mol. The number of nitrogens with one attached hydrogen (secondary N) is 1. The summed E-state index contributed by atoms with van der Waals surface area (Å²) in [4.78, 5) is 24.3. The fourth-order valence-electron chi connectivity index (χ4n) is 2.32. The van der Waals surface area contributed by atoms with Gasteiger partial charge in [-0.05, 0) is 18.8 Å². The van der Waals surface area contributed by atoms with Crippen LogP contribution >= 0.6 is 0 Å². The number of likely N-dealkylation sites (tertiary alicyclic amines) is 1. The molecule has 5 nitrogen and oxygen atoms in total. The second kappa shape index (κ2) is 7.00. The SMILES string of the molecule is CC[C@H](C)[C@H](NC(=O)N1CCC(C(F)(F)F)CC1)C(=O)O. The molecule has 0 aliphatic carbocycles. The molecule has 0 bridgehead atoms. The average Bonchev–Trinajstić information content (AvgIpc) is 2.42. The van der Waals surface area contributed by atoms with Gasteiger partial charge in [-0.2, -0.15) is 13.2 Å². The monoisotopic (exact) mass is 310 g/mol. The van der Waals surface area contributed by atoms with E-state index in [9.17, 15) is 22.8 Å². The normalized spacial score (nSPS) is 20.0. The number of carboxylic acids is 1. The van der Waals surface area contributed by atoms with Crippen LogP contribution in [0.25, 0.3) is 0 Å². The number of urea groups is 1. The Hall–Kier alpha value is -1.47. The first-order chi connectivity index (χ1) is 9.66. The highest BCUT2D eigenvalue weighted by Gasteiger charge is 2.42. The zero-order valence-electron chi connectivity index (χ0n) is 12.1. The van der Waals surface area contributed by atoms with E-state index in [1.807, 2.05) is 6.92 Å². The number of carbonyl (C=O) groups excluding carboxylic acids is 1. The van der Waals surface area contributed by atoms with Crippen molar-refractivity contribution in [3.8, 4) is 0 Å². The molecule has 21 heavy (non-hydrogen) atoms. The van der Waals surface area contributed by atoms with Gasteiger partial charge in [0.15, 0.2) is 0 Å². The summed E-state index contributed by atoms with van der Waals surface area (Å²) in [6.45, 7) is 3.49. The molecule has 1 rings (SSSR count). The van der Waals surface area contributed by atoms with Crippen LogP contribution in [0.3, 0.4) is 0 Å². The standard InChI is InChI=1S/C13H21F3N2O3/c1-3-8(2)10(11(19)20)17-12(21)18-6-4-9(5-7-18)13(14,15)16/h8-10H,3-7H2,1-2H3,(H,17,21)(H,19,20)/t8-,10-/m0/s1. The molecule has 2 N–H and O–H groups in total. The van der Waals surface area contributed by atoms with Gasteiger partial charge in [-0.1, -0.05) is 20.3 Å². The van der Waals surface area contributed by atoms with Gasteiger partial charge in [0, 0.05) is 13.1 Å². The van der Waals surface area contributed by atoms with Crippen LogP contribution in [0.15, 0.2) is 0 Å². The Morgan fingerprint density at radius 3 is 2.24 bits per heavy atom. The molecule has 0 radical (unpaired) electrons. The lowest BCUT2D eigenvalue weighted by molar-refractivity contribution is -0.183.